The van der Waals surface area contributed by atoms with Crippen LogP contribution in [0.4, 0.5) is 5.69 Å². The van der Waals surface area contributed by atoms with Gasteiger partial charge >= 0.3 is 0 Å². The Labute approximate surface area is 117 Å². The Morgan fingerprint density at radius 2 is 1.75 bits per heavy atom. The van der Waals surface area contributed by atoms with Gasteiger partial charge in [0.1, 0.15) is 11.0 Å². The lowest BCUT2D eigenvalue weighted by Gasteiger charge is -2.12. The molecule has 20 heavy (non-hydrogen) atoms. The van der Waals surface area contributed by atoms with E-state index in [4.69, 9.17) is 5.26 Å². The largest absolute Gasteiger partial charge is 0.392 e. The van der Waals surface area contributed by atoms with Crippen molar-refractivity contribution in [3.63, 3.8) is 0 Å². The lowest BCUT2D eigenvalue weighted by atomic mass is 10.2. The van der Waals surface area contributed by atoms with Crippen molar-refractivity contribution in [2.75, 3.05) is 4.72 Å². The van der Waals surface area contributed by atoms with Crippen LogP contribution >= 0.6 is 0 Å². The molecule has 0 amide bonds. The van der Waals surface area contributed by atoms with E-state index in [1.165, 1.54) is 12.1 Å². The minimum Gasteiger partial charge on any atom is -0.392 e. The predicted octanol–water partition coefficient (Wildman–Crippen LogP) is 1.85. The van der Waals surface area contributed by atoms with Gasteiger partial charge in [-0.05, 0) is 18.2 Å². The highest BCUT2D eigenvalue weighted by Crippen LogP contribution is 2.21. The van der Waals surface area contributed by atoms with Crippen LogP contribution in [0.3, 0.4) is 0 Å². The molecule has 0 aliphatic heterocycles. The third-order valence-electron chi connectivity index (χ3n) is 2.73. The first kappa shape index (κ1) is 14.1. The number of hydrogen-bond donors (Lipinski definition) is 2. The Hall–Kier alpha value is -2.36. The smallest absolute Gasteiger partial charge is 0.263 e. The molecule has 0 aliphatic carbocycles. The average molecular weight is 288 g/mol. The number of para-hydroxylation sites is 1. The van der Waals surface area contributed by atoms with Crippen LogP contribution in [0.1, 0.15) is 11.1 Å². The topological polar surface area (TPSA) is 90.2 Å². The number of aliphatic hydroxyl groups is 1. The molecule has 0 atom stereocenters. The second-order valence-electron chi connectivity index (χ2n) is 4.03. The fourth-order valence-electron chi connectivity index (χ4n) is 1.75. The van der Waals surface area contributed by atoms with Crippen molar-refractivity contribution in [2.24, 2.45) is 0 Å². The first-order chi connectivity index (χ1) is 9.58. The van der Waals surface area contributed by atoms with Crippen molar-refractivity contribution >= 4 is 15.7 Å². The Bertz CT molecular complexity index is 764. The summed E-state index contributed by atoms with van der Waals surface area (Å²) in [7, 11) is -3.87. The van der Waals surface area contributed by atoms with Gasteiger partial charge in [0.2, 0.25) is 0 Å². The van der Waals surface area contributed by atoms with Crippen LogP contribution in [0.15, 0.2) is 53.4 Å². The average Bonchev–Trinajstić information content (AvgIpc) is 2.47. The zero-order valence-electron chi connectivity index (χ0n) is 10.4. The molecule has 0 radical (unpaired) electrons. The van der Waals surface area contributed by atoms with Crippen molar-refractivity contribution < 1.29 is 13.5 Å². The molecule has 0 aromatic heterocycles. The summed E-state index contributed by atoms with van der Waals surface area (Å²) >= 11 is 0. The van der Waals surface area contributed by atoms with E-state index in [2.05, 4.69) is 4.72 Å². The number of benzene rings is 2. The number of hydrogen-bond acceptors (Lipinski definition) is 4. The highest BCUT2D eigenvalue weighted by Gasteiger charge is 2.19. The number of aliphatic hydroxyl groups excluding tert-OH is 1. The van der Waals surface area contributed by atoms with Gasteiger partial charge in [0.25, 0.3) is 10.0 Å². The Balaban J connectivity index is 2.44. The number of nitrogens with one attached hydrogen (secondary N) is 1. The molecule has 0 saturated carbocycles. The molecule has 0 bridgehead atoms. The molecule has 6 heteroatoms. The molecule has 0 unspecified atom stereocenters. The number of nitriles is 1. The third kappa shape index (κ3) is 2.79. The second-order valence-corrected chi connectivity index (χ2v) is 5.68. The first-order valence-corrected chi connectivity index (χ1v) is 7.27. The van der Waals surface area contributed by atoms with E-state index >= 15 is 0 Å². The molecule has 2 aromatic carbocycles. The summed E-state index contributed by atoms with van der Waals surface area (Å²) in [6, 6.07) is 14.3. The molecular weight excluding hydrogens is 276 g/mol. The molecule has 0 spiro atoms. The quantitative estimate of drug-likeness (QED) is 0.898. The van der Waals surface area contributed by atoms with Crippen molar-refractivity contribution in [3.05, 3.63) is 59.7 Å². The van der Waals surface area contributed by atoms with Gasteiger partial charge in [0, 0.05) is 5.56 Å². The first-order valence-electron chi connectivity index (χ1n) is 5.79. The summed E-state index contributed by atoms with van der Waals surface area (Å²) in [6.45, 7) is -0.279. The number of nitrogens with zero attached hydrogens (tertiary/aromatic N) is 1. The monoisotopic (exact) mass is 288 g/mol. The molecule has 2 aromatic rings. The van der Waals surface area contributed by atoms with Crippen molar-refractivity contribution in [2.45, 2.75) is 11.5 Å². The van der Waals surface area contributed by atoms with Gasteiger partial charge in [-0.3, -0.25) is 4.72 Å². The Kier molecular flexibility index (Phi) is 4.03. The molecule has 2 N–H and O–H groups in total. The normalized spacial score (nSPS) is 10.8. The summed E-state index contributed by atoms with van der Waals surface area (Å²) in [4.78, 5) is -0.0877. The summed E-state index contributed by atoms with van der Waals surface area (Å²) in [5, 5.41) is 18.2. The van der Waals surface area contributed by atoms with Gasteiger partial charge in [-0.1, -0.05) is 30.3 Å². The van der Waals surface area contributed by atoms with Gasteiger partial charge < -0.3 is 5.11 Å². The molecule has 0 fully saturated rings. The molecular formula is C14H12N2O3S. The minimum absolute atomic E-state index is 0.0708. The molecule has 0 aliphatic rings. The maximum atomic E-state index is 12.3. The number of anilines is 1. The van der Waals surface area contributed by atoms with E-state index in [-0.39, 0.29) is 17.1 Å². The van der Waals surface area contributed by atoms with E-state index < -0.39 is 10.0 Å². The number of sulfonamides is 1. The second kappa shape index (κ2) is 5.74. The molecule has 2 rings (SSSR count). The van der Waals surface area contributed by atoms with Gasteiger partial charge in [0.15, 0.2) is 0 Å². The standard InChI is InChI=1S/C14H12N2O3S/c15-9-11-5-2-4-8-14(11)20(18,19)16-13-7-3-1-6-12(13)10-17/h1-8,16-17H,10H2. The van der Waals surface area contributed by atoms with Crippen LogP contribution in [-0.2, 0) is 16.6 Å². The predicted molar refractivity (Wildman–Crippen MR) is 74.3 cm³/mol. The highest BCUT2D eigenvalue weighted by atomic mass is 32.2. The van der Waals surface area contributed by atoms with Crippen molar-refractivity contribution in [1.82, 2.24) is 0 Å². The summed E-state index contributed by atoms with van der Waals surface area (Å²) in [5.41, 5.74) is 0.828. The fraction of sp³-hybridized carbons (Fsp3) is 0.0714. The lowest BCUT2D eigenvalue weighted by Crippen LogP contribution is -2.15. The summed E-state index contributed by atoms with van der Waals surface area (Å²) < 4.78 is 27.0. The molecule has 0 heterocycles. The maximum absolute atomic E-state index is 12.3. The summed E-state index contributed by atoms with van der Waals surface area (Å²) in [6.07, 6.45) is 0. The molecule has 0 saturated heterocycles. The van der Waals surface area contributed by atoms with Gasteiger partial charge in [0.05, 0.1) is 17.9 Å². The van der Waals surface area contributed by atoms with E-state index in [1.807, 2.05) is 6.07 Å². The number of rotatable bonds is 4. The van der Waals surface area contributed by atoms with E-state index in [0.29, 0.717) is 11.3 Å². The Morgan fingerprint density at radius 3 is 2.45 bits per heavy atom. The van der Waals surface area contributed by atoms with Crippen LogP contribution in [0, 0.1) is 11.3 Å². The van der Waals surface area contributed by atoms with Crippen LogP contribution in [0.25, 0.3) is 0 Å². The van der Waals surface area contributed by atoms with E-state index in [0.717, 1.165) is 0 Å². The summed E-state index contributed by atoms with van der Waals surface area (Å²) in [5.74, 6) is 0. The van der Waals surface area contributed by atoms with E-state index in [9.17, 15) is 13.5 Å². The van der Waals surface area contributed by atoms with Crippen LogP contribution in [-0.4, -0.2) is 13.5 Å². The third-order valence-corrected chi connectivity index (χ3v) is 4.15. The SMILES string of the molecule is N#Cc1ccccc1S(=O)(=O)Nc1ccccc1CO. The zero-order chi connectivity index (χ0) is 14.6. The van der Waals surface area contributed by atoms with Crippen molar-refractivity contribution in [1.29, 1.82) is 5.26 Å². The highest BCUT2D eigenvalue weighted by molar-refractivity contribution is 7.92. The minimum atomic E-state index is -3.87. The zero-order valence-corrected chi connectivity index (χ0v) is 11.3. The van der Waals surface area contributed by atoms with Crippen LogP contribution < -0.4 is 4.72 Å². The lowest BCUT2D eigenvalue weighted by molar-refractivity contribution is 0.282. The maximum Gasteiger partial charge on any atom is 0.263 e. The van der Waals surface area contributed by atoms with Gasteiger partial charge in [-0.2, -0.15) is 5.26 Å². The van der Waals surface area contributed by atoms with Crippen molar-refractivity contribution in [3.8, 4) is 6.07 Å². The van der Waals surface area contributed by atoms with Gasteiger partial charge in [-0.25, -0.2) is 8.42 Å². The van der Waals surface area contributed by atoms with Crippen LogP contribution in [0.2, 0.25) is 0 Å². The van der Waals surface area contributed by atoms with Gasteiger partial charge in [-0.15, -0.1) is 0 Å². The fourth-order valence-corrected chi connectivity index (χ4v) is 3.01. The van der Waals surface area contributed by atoms with E-state index in [1.54, 1.807) is 36.4 Å². The van der Waals surface area contributed by atoms with Crippen LogP contribution in [0.5, 0.6) is 0 Å². The molecule has 5 nitrogen and oxygen atoms in total. The molecule has 102 valence electrons. The Morgan fingerprint density at radius 1 is 1.10 bits per heavy atom.